The first kappa shape index (κ1) is 45.4. The molecule has 10 N–H and O–H groups in total. The highest BCUT2D eigenvalue weighted by Gasteiger charge is 2.40. The number of nitrogens with two attached hydrogens (primary N) is 1. The molecule has 1 fully saturated rings. The van der Waals surface area contributed by atoms with E-state index in [0.717, 1.165) is 10.9 Å². The van der Waals surface area contributed by atoms with Crippen molar-refractivity contribution in [1.82, 2.24) is 36.5 Å². The molecule has 17 nitrogen and oxygen atoms in total. The lowest BCUT2D eigenvalue weighted by Gasteiger charge is -2.31. The van der Waals surface area contributed by atoms with Crippen molar-refractivity contribution in [3.05, 3.63) is 36.0 Å². The van der Waals surface area contributed by atoms with Crippen LogP contribution < -0.4 is 32.3 Å². The van der Waals surface area contributed by atoms with Crippen LogP contribution in [0.25, 0.3) is 10.9 Å². The predicted molar refractivity (Wildman–Crippen MR) is 208 cm³/mol. The Balaban J connectivity index is 1.74. The smallest absolute Gasteiger partial charge is 0.328 e. The van der Waals surface area contributed by atoms with E-state index in [-0.39, 0.29) is 31.2 Å². The first-order valence-electron chi connectivity index (χ1n) is 19.3. The van der Waals surface area contributed by atoms with Crippen LogP contribution in [0.2, 0.25) is 0 Å². The number of aliphatic carboxylic acids is 1. The molecule has 1 aliphatic heterocycles. The summed E-state index contributed by atoms with van der Waals surface area (Å²) in [6.45, 7) is 13.7. The van der Waals surface area contributed by atoms with Gasteiger partial charge in [0.05, 0.1) is 12.1 Å². The molecule has 17 heteroatoms. The van der Waals surface area contributed by atoms with Crippen molar-refractivity contribution in [3.8, 4) is 0 Å². The van der Waals surface area contributed by atoms with E-state index >= 15 is 0 Å². The van der Waals surface area contributed by atoms with E-state index in [0.29, 0.717) is 18.4 Å². The molecule has 2 heterocycles. The summed E-state index contributed by atoms with van der Waals surface area (Å²) in [6.07, 6.45) is 1.37. The van der Waals surface area contributed by atoms with Crippen molar-refractivity contribution in [1.29, 1.82) is 0 Å². The van der Waals surface area contributed by atoms with E-state index in [1.807, 2.05) is 38.1 Å². The topological polar surface area (TPSA) is 265 Å². The van der Waals surface area contributed by atoms with Gasteiger partial charge < -0.3 is 52.4 Å². The molecule has 3 rings (SSSR count). The first-order chi connectivity index (χ1) is 26.2. The van der Waals surface area contributed by atoms with Gasteiger partial charge in [-0.2, -0.15) is 0 Å². The van der Waals surface area contributed by atoms with Crippen LogP contribution >= 0.6 is 0 Å². The molecule has 2 aromatic rings. The number of aliphatic hydroxyl groups is 1. The van der Waals surface area contributed by atoms with Crippen LogP contribution in [0.15, 0.2) is 30.5 Å². The molecular weight excluding hydrogens is 724 g/mol. The highest BCUT2D eigenvalue weighted by Crippen LogP contribution is 2.22. The number of aromatic amines is 1. The van der Waals surface area contributed by atoms with Gasteiger partial charge in [0.25, 0.3) is 0 Å². The van der Waals surface area contributed by atoms with Gasteiger partial charge in [0.1, 0.15) is 30.2 Å². The number of para-hydroxylation sites is 1. The highest BCUT2D eigenvalue weighted by molar-refractivity contribution is 5.97. The molecule has 0 aliphatic carbocycles. The van der Waals surface area contributed by atoms with Gasteiger partial charge in [-0.3, -0.25) is 28.8 Å². The number of carbonyl (C=O) groups excluding carboxylic acids is 6. The molecule has 1 aromatic carbocycles. The predicted octanol–water partition coefficient (Wildman–Crippen LogP) is 0.296. The van der Waals surface area contributed by atoms with Gasteiger partial charge in [-0.1, -0.05) is 59.7 Å². The lowest BCUT2D eigenvalue weighted by Crippen LogP contribution is -2.60. The molecule has 310 valence electrons. The van der Waals surface area contributed by atoms with Gasteiger partial charge in [0, 0.05) is 30.1 Å². The van der Waals surface area contributed by atoms with E-state index in [1.165, 1.54) is 18.7 Å². The van der Waals surface area contributed by atoms with E-state index in [1.54, 1.807) is 33.9 Å². The normalized spacial score (nSPS) is 18.1. The fourth-order valence-corrected chi connectivity index (χ4v) is 6.75. The zero-order chi connectivity index (χ0) is 42.0. The lowest BCUT2D eigenvalue weighted by molar-refractivity contribution is -0.145. The molecule has 8 atom stereocenters. The summed E-state index contributed by atoms with van der Waals surface area (Å²) >= 11 is 0. The Morgan fingerprint density at radius 1 is 0.804 bits per heavy atom. The van der Waals surface area contributed by atoms with Gasteiger partial charge in [-0.25, -0.2) is 4.79 Å². The number of carbonyl (C=O) groups is 7. The molecule has 1 aliphatic rings. The summed E-state index contributed by atoms with van der Waals surface area (Å²) in [5.74, 6) is -5.78. The Bertz CT molecular complexity index is 1720. The molecule has 0 saturated carbocycles. The second-order valence-electron chi connectivity index (χ2n) is 15.8. The summed E-state index contributed by atoms with van der Waals surface area (Å²) in [5, 5.41) is 33.5. The number of nitrogens with one attached hydrogen (secondary N) is 6. The summed E-state index contributed by atoms with van der Waals surface area (Å²) in [7, 11) is 0. The molecule has 1 saturated heterocycles. The van der Waals surface area contributed by atoms with Crippen LogP contribution in [-0.4, -0.2) is 116 Å². The quantitative estimate of drug-likeness (QED) is 0.0941. The number of H-pyrrole nitrogens is 1. The second-order valence-corrected chi connectivity index (χ2v) is 15.8. The minimum absolute atomic E-state index is 0.0325. The Morgan fingerprint density at radius 2 is 1.38 bits per heavy atom. The average Bonchev–Trinajstić information content (AvgIpc) is 3.77. The van der Waals surface area contributed by atoms with Crippen molar-refractivity contribution in [2.24, 2.45) is 23.5 Å². The number of hydrogen-bond donors (Lipinski definition) is 9. The third-order valence-electron chi connectivity index (χ3n) is 9.90. The van der Waals surface area contributed by atoms with Crippen molar-refractivity contribution in [2.75, 3.05) is 6.54 Å². The number of amides is 6. The Kier molecular flexibility index (Phi) is 16.4. The number of likely N-dealkylation sites (tertiary alicyclic amines) is 1. The number of benzene rings is 1. The van der Waals surface area contributed by atoms with Gasteiger partial charge >= 0.3 is 5.97 Å². The SMILES string of the molecule is CC(C)CC(N)C(=O)NC(C(=O)NC(C(=O)NC(C)C(=O)N1CCCC1C(=O)NC(Cc1c[nH]c2ccccc12)C(=O)NC(C(=O)O)C(C)O)C(C)C)C(C)C. The van der Waals surface area contributed by atoms with E-state index in [4.69, 9.17) is 5.73 Å². The highest BCUT2D eigenvalue weighted by atomic mass is 16.4. The summed E-state index contributed by atoms with van der Waals surface area (Å²) in [5.41, 5.74) is 7.49. The average molecular weight is 785 g/mol. The summed E-state index contributed by atoms with van der Waals surface area (Å²) in [6, 6.07) is -0.568. The third-order valence-corrected chi connectivity index (χ3v) is 9.90. The summed E-state index contributed by atoms with van der Waals surface area (Å²) < 4.78 is 0. The van der Waals surface area contributed by atoms with Crippen LogP contribution in [0.5, 0.6) is 0 Å². The van der Waals surface area contributed by atoms with Gasteiger partial charge in [0.2, 0.25) is 35.4 Å². The number of fused-ring (bicyclic) bond motifs is 1. The Morgan fingerprint density at radius 3 is 1.95 bits per heavy atom. The number of rotatable bonds is 19. The van der Waals surface area contributed by atoms with Crippen molar-refractivity contribution >= 4 is 52.3 Å². The molecule has 6 amide bonds. The van der Waals surface area contributed by atoms with Crippen LogP contribution in [0.4, 0.5) is 0 Å². The van der Waals surface area contributed by atoms with Crippen molar-refractivity contribution in [3.63, 3.8) is 0 Å². The zero-order valence-electron chi connectivity index (χ0n) is 33.5. The molecule has 8 unspecified atom stereocenters. The first-order valence-corrected chi connectivity index (χ1v) is 19.3. The number of hydrogen-bond acceptors (Lipinski definition) is 9. The third kappa shape index (κ3) is 12.0. The Labute approximate surface area is 327 Å². The number of nitrogens with zero attached hydrogens (tertiary/aromatic N) is 1. The maximum Gasteiger partial charge on any atom is 0.328 e. The van der Waals surface area contributed by atoms with E-state index < -0.39 is 95.7 Å². The van der Waals surface area contributed by atoms with Crippen LogP contribution in [0.1, 0.15) is 80.2 Å². The standard InChI is InChI=1S/C39H60N8O9/c1-19(2)16-26(40)33(49)44-31(21(5)6)37(53)45-30(20(3)4)36(52)42-22(7)38(54)47-15-11-14-29(47)35(51)43-28(34(50)46-32(23(8)48)39(55)56)17-24-18-41-27-13-10-9-12-25(24)27/h9-10,12-13,18-23,26,28-32,41,48H,11,14-17,40H2,1-8H3,(H,42,52)(H,43,51)(H,44,49)(H,45,53)(H,46,50)(H,55,56). The number of carboxylic acid groups (broad SMARTS) is 1. The van der Waals surface area contributed by atoms with Gasteiger partial charge in [0.15, 0.2) is 6.04 Å². The number of carboxylic acids is 1. The second kappa shape index (κ2) is 20.2. The van der Waals surface area contributed by atoms with Gasteiger partial charge in [-0.05, 0) is 62.5 Å². The fraction of sp³-hybridized carbons (Fsp3) is 0.615. The molecule has 56 heavy (non-hydrogen) atoms. The number of aliphatic hydroxyl groups excluding tert-OH is 1. The van der Waals surface area contributed by atoms with Crippen LogP contribution in [-0.2, 0) is 40.0 Å². The van der Waals surface area contributed by atoms with Gasteiger partial charge in [-0.15, -0.1) is 0 Å². The van der Waals surface area contributed by atoms with Crippen molar-refractivity contribution < 1.29 is 43.8 Å². The molecular formula is C39H60N8O9. The maximum atomic E-state index is 13.8. The molecule has 1 aromatic heterocycles. The summed E-state index contributed by atoms with van der Waals surface area (Å²) in [4.78, 5) is 97.1. The minimum atomic E-state index is -1.64. The van der Waals surface area contributed by atoms with Crippen LogP contribution in [0, 0.1) is 17.8 Å². The van der Waals surface area contributed by atoms with Crippen LogP contribution in [0.3, 0.4) is 0 Å². The maximum absolute atomic E-state index is 13.8. The molecule has 0 radical (unpaired) electrons. The Hall–Kier alpha value is -5.03. The fourth-order valence-electron chi connectivity index (χ4n) is 6.75. The van der Waals surface area contributed by atoms with E-state index in [2.05, 4.69) is 31.6 Å². The lowest BCUT2D eigenvalue weighted by atomic mass is 9.98. The van der Waals surface area contributed by atoms with E-state index in [9.17, 15) is 43.8 Å². The minimum Gasteiger partial charge on any atom is -0.480 e. The zero-order valence-corrected chi connectivity index (χ0v) is 33.5. The monoisotopic (exact) mass is 784 g/mol. The number of aromatic nitrogens is 1. The molecule has 0 spiro atoms. The van der Waals surface area contributed by atoms with Crippen molar-refractivity contribution in [2.45, 2.75) is 129 Å². The molecule has 0 bridgehead atoms. The largest absolute Gasteiger partial charge is 0.480 e.